The van der Waals surface area contributed by atoms with Gasteiger partial charge < -0.3 is 10.1 Å². The molecule has 0 unspecified atom stereocenters. The van der Waals surface area contributed by atoms with Crippen LogP contribution in [-0.4, -0.2) is 17.4 Å². The predicted molar refractivity (Wildman–Crippen MR) is 93.0 cm³/mol. The number of benzene rings is 2. The number of hydrogen-bond acceptors (Lipinski definition) is 4. The highest BCUT2D eigenvalue weighted by Crippen LogP contribution is 2.17. The summed E-state index contributed by atoms with van der Waals surface area (Å²) in [5.41, 5.74) is 1.16. The topological polar surface area (TPSA) is 81.5 Å². The maximum Gasteiger partial charge on any atom is 0.271 e. The van der Waals surface area contributed by atoms with Crippen molar-refractivity contribution in [1.82, 2.24) is 0 Å². The minimum Gasteiger partial charge on any atom is -0.494 e. The molecule has 1 N–H and O–H groups in total. The Labute approximate surface area is 139 Å². The van der Waals surface area contributed by atoms with Crippen LogP contribution in [0, 0.1) is 10.1 Å². The van der Waals surface area contributed by atoms with Gasteiger partial charge in [-0.05, 0) is 36.3 Å². The van der Waals surface area contributed by atoms with Crippen LogP contribution in [0.4, 0.5) is 11.4 Å². The fraction of sp³-hybridized carbons (Fsp3) is 0.167. The van der Waals surface area contributed by atoms with Gasteiger partial charge in [0.2, 0.25) is 5.91 Å². The number of anilines is 1. The smallest absolute Gasteiger partial charge is 0.271 e. The molecule has 0 aliphatic heterocycles. The van der Waals surface area contributed by atoms with Crippen molar-refractivity contribution in [2.45, 2.75) is 13.3 Å². The van der Waals surface area contributed by atoms with Crippen molar-refractivity contribution < 1.29 is 14.5 Å². The number of nitro benzene ring substituents is 1. The second kappa shape index (κ2) is 8.47. The van der Waals surface area contributed by atoms with Crippen LogP contribution in [0.1, 0.15) is 18.9 Å². The first-order valence-electron chi connectivity index (χ1n) is 7.55. The fourth-order valence-electron chi connectivity index (χ4n) is 1.95. The molecular weight excluding hydrogens is 308 g/mol. The Bertz CT molecular complexity index is 739. The van der Waals surface area contributed by atoms with Crippen LogP contribution in [-0.2, 0) is 4.79 Å². The normalized spacial score (nSPS) is 10.5. The Morgan fingerprint density at radius 1 is 1.25 bits per heavy atom. The van der Waals surface area contributed by atoms with E-state index in [-0.39, 0.29) is 11.6 Å². The lowest BCUT2D eigenvalue weighted by Gasteiger charge is -2.04. The van der Waals surface area contributed by atoms with Crippen LogP contribution < -0.4 is 10.1 Å². The summed E-state index contributed by atoms with van der Waals surface area (Å²) in [5.74, 6) is 0.428. The Morgan fingerprint density at radius 2 is 2.00 bits per heavy atom. The van der Waals surface area contributed by atoms with Gasteiger partial charge in [-0.1, -0.05) is 25.1 Å². The van der Waals surface area contributed by atoms with Gasteiger partial charge in [0.1, 0.15) is 5.75 Å². The highest BCUT2D eigenvalue weighted by Gasteiger charge is 2.06. The van der Waals surface area contributed by atoms with Crippen molar-refractivity contribution in [3.63, 3.8) is 0 Å². The van der Waals surface area contributed by atoms with E-state index < -0.39 is 4.92 Å². The average molecular weight is 326 g/mol. The summed E-state index contributed by atoms with van der Waals surface area (Å²) < 4.78 is 5.49. The summed E-state index contributed by atoms with van der Waals surface area (Å²) >= 11 is 0. The Hall–Kier alpha value is -3.15. The maximum atomic E-state index is 11.9. The highest BCUT2D eigenvalue weighted by atomic mass is 16.6. The monoisotopic (exact) mass is 326 g/mol. The van der Waals surface area contributed by atoms with Crippen LogP contribution in [0.5, 0.6) is 5.75 Å². The Balaban J connectivity index is 1.95. The number of rotatable bonds is 7. The zero-order chi connectivity index (χ0) is 17.4. The first kappa shape index (κ1) is 17.2. The quantitative estimate of drug-likeness (QED) is 0.473. The van der Waals surface area contributed by atoms with Crippen molar-refractivity contribution in [2.75, 3.05) is 11.9 Å². The molecular formula is C18H18N2O4. The van der Waals surface area contributed by atoms with Gasteiger partial charge in [-0.25, -0.2) is 0 Å². The lowest BCUT2D eigenvalue weighted by atomic mass is 10.2. The maximum absolute atomic E-state index is 11.9. The first-order valence-corrected chi connectivity index (χ1v) is 7.55. The van der Waals surface area contributed by atoms with Gasteiger partial charge >= 0.3 is 0 Å². The van der Waals surface area contributed by atoms with Crippen LogP contribution >= 0.6 is 0 Å². The predicted octanol–water partition coefficient (Wildman–Crippen LogP) is 4.04. The van der Waals surface area contributed by atoms with E-state index in [2.05, 4.69) is 5.32 Å². The number of nitrogens with zero attached hydrogens (tertiary/aromatic N) is 1. The summed E-state index contributed by atoms with van der Waals surface area (Å²) in [5, 5.41) is 13.3. The molecule has 0 atom stereocenters. The number of carbonyl (C=O) groups is 1. The van der Waals surface area contributed by atoms with E-state index >= 15 is 0 Å². The van der Waals surface area contributed by atoms with E-state index in [1.807, 2.05) is 31.2 Å². The first-order chi connectivity index (χ1) is 11.6. The van der Waals surface area contributed by atoms with Crippen LogP contribution in [0.3, 0.4) is 0 Å². The minimum atomic E-state index is -0.506. The van der Waals surface area contributed by atoms with Gasteiger partial charge in [0, 0.05) is 23.9 Å². The molecule has 124 valence electrons. The molecule has 6 heteroatoms. The SMILES string of the molecule is CCCOc1ccc(C=CC(=O)Nc2cccc([N+](=O)[O-])c2)cc1. The standard InChI is InChI=1S/C18H18N2O4/c1-2-12-24-17-9-6-14(7-10-17)8-11-18(21)19-15-4-3-5-16(13-15)20(22)23/h3-11,13H,2,12H2,1H3,(H,19,21). The van der Waals surface area contributed by atoms with E-state index in [1.165, 1.54) is 24.3 Å². The van der Waals surface area contributed by atoms with Gasteiger partial charge in [0.25, 0.3) is 5.69 Å². The Kier molecular flexibility index (Phi) is 6.08. The molecule has 1 amide bonds. The fourth-order valence-corrected chi connectivity index (χ4v) is 1.95. The van der Waals surface area contributed by atoms with Crippen LogP contribution in [0.2, 0.25) is 0 Å². The van der Waals surface area contributed by atoms with Crippen molar-refractivity contribution in [1.29, 1.82) is 0 Å². The molecule has 6 nitrogen and oxygen atoms in total. The van der Waals surface area contributed by atoms with Crippen molar-refractivity contribution in [3.05, 3.63) is 70.3 Å². The van der Waals surface area contributed by atoms with E-state index in [9.17, 15) is 14.9 Å². The van der Waals surface area contributed by atoms with Crippen LogP contribution in [0.15, 0.2) is 54.6 Å². The molecule has 0 bridgehead atoms. The molecule has 0 spiro atoms. The van der Waals surface area contributed by atoms with Gasteiger partial charge in [0.05, 0.1) is 11.5 Å². The summed E-state index contributed by atoms with van der Waals surface area (Å²) in [6, 6.07) is 13.2. The molecule has 0 aliphatic rings. The third kappa shape index (κ3) is 5.24. The number of amides is 1. The molecule has 0 radical (unpaired) electrons. The molecule has 0 aliphatic carbocycles. The molecule has 2 rings (SSSR count). The summed E-state index contributed by atoms with van der Waals surface area (Å²) in [6.45, 7) is 2.71. The van der Waals surface area contributed by atoms with Crippen molar-refractivity contribution in [2.24, 2.45) is 0 Å². The summed E-state index contributed by atoms with van der Waals surface area (Å²) in [7, 11) is 0. The van der Waals surface area contributed by atoms with Gasteiger partial charge in [-0.15, -0.1) is 0 Å². The van der Waals surface area contributed by atoms with E-state index in [0.717, 1.165) is 17.7 Å². The molecule has 0 heterocycles. The third-order valence-corrected chi connectivity index (χ3v) is 3.10. The van der Waals surface area contributed by atoms with Gasteiger partial charge in [-0.2, -0.15) is 0 Å². The summed E-state index contributed by atoms with van der Waals surface area (Å²) in [4.78, 5) is 22.1. The number of nitro groups is 1. The molecule has 0 saturated carbocycles. The van der Waals surface area contributed by atoms with Crippen molar-refractivity contribution >= 4 is 23.4 Å². The summed E-state index contributed by atoms with van der Waals surface area (Å²) in [6.07, 6.45) is 3.98. The highest BCUT2D eigenvalue weighted by molar-refractivity contribution is 6.02. The van der Waals surface area contributed by atoms with Crippen molar-refractivity contribution in [3.8, 4) is 5.75 Å². The zero-order valence-corrected chi connectivity index (χ0v) is 13.3. The molecule has 2 aromatic carbocycles. The average Bonchev–Trinajstić information content (AvgIpc) is 2.59. The molecule has 0 saturated heterocycles. The Morgan fingerprint density at radius 3 is 2.67 bits per heavy atom. The zero-order valence-electron chi connectivity index (χ0n) is 13.3. The lowest BCUT2D eigenvalue weighted by molar-refractivity contribution is -0.384. The number of nitrogens with one attached hydrogen (secondary N) is 1. The molecule has 0 fully saturated rings. The molecule has 24 heavy (non-hydrogen) atoms. The van der Waals surface area contributed by atoms with Gasteiger partial charge in [0.15, 0.2) is 0 Å². The van der Waals surface area contributed by atoms with E-state index in [1.54, 1.807) is 12.1 Å². The van der Waals surface area contributed by atoms with E-state index in [0.29, 0.717) is 12.3 Å². The van der Waals surface area contributed by atoms with E-state index in [4.69, 9.17) is 4.74 Å². The van der Waals surface area contributed by atoms with Gasteiger partial charge in [-0.3, -0.25) is 14.9 Å². The number of carbonyl (C=O) groups excluding carboxylic acids is 1. The second-order valence-corrected chi connectivity index (χ2v) is 5.05. The largest absolute Gasteiger partial charge is 0.494 e. The number of ether oxygens (including phenoxy) is 1. The minimum absolute atomic E-state index is 0.0700. The number of non-ortho nitro benzene ring substituents is 1. The second-order valence-electron chi connectivity index (χ2n) is 5.05. The third-order valence-electron chi connectivity index (χ3n) is 3.10. The van der Waals surface area contributed by atoms with Crippen LogP contribution in [0.25, 0.3) is 6.08 Å². The lowest BCUT2D eigenvalue weighted by Crippen LogP contribution is -2.07. The number of hydrogen-bond donors (Lipinski definition) is 1. The molecule has 2 aromatic rings. The molecule has 0 aromatic heterocycles.